The van der Waals surface area contributed by atoms with Gasteiger partial charge in [-0.3, -0.25) is 9.69 Å². The summed E-state index contributed by atoms with van der Waals surface area (Å²) in [5.74, 6) is 0.531. The van der Waals surface area contributed by atoms with Crippen molar-refractivity contribution in [1.29, 1.82) is 0 Å². The summed E-state index contributed by atoms with van der Waals surface area (Å²) in [6.07, 6.45) is 1.66. The van der Waals surface area contributed by atoms with Crippen molar-refractivity contribution in [2.75, 3.05) is 18.9 Å². The van der Waals surface area contributed by atoms with Gasteiger partial charge in [-0.1, -0.05) is 53.5 Å². The van der Waals surface area contributed by atoms with E-state index in [1.54, 1.807) is 16.9 Å². The summed E-state index contributed by atoms with van der Waals surface area (Å²) in [7, 11) is 1.88. The fourth-order valence-corrected chi connectivity index (χ4v) is 3.18. The normalized spacial score (nSPS) is 11.0. The van der Waals surface area contributed by atoms with Crippen LogP contribution in [0.4, 0.5) is 5.82 Å². The highest BCUT2D eigenvalue weighted by molar-refractivity contribution is 6.31. The molecule has 0 radical (unpaired) electrons. The Morgan fingerprint density at radius 1 is 1.15 bits per heavy atom. The third-order valence-electron chi connectivity index (χ3n) is 4.02. The SMILES string of the molecule is CN(CC(=O)Nc1ccnn1Cc1cccc(Cl)c1)Cc1ccccc1Cl. The number of halogens is 2. The quantitative estimate of drug-likeness (QED) is 0.640. The van der Waals surface area contributed by atoms with Gasteiger partial charge in [-0.15, -0.1) is 0 Å². The molecule has 0 spiro atoms. The van der Waals surface area contributed by atoms with E-state index >= 15 is 0 Å². The van der Waals surface area contributed by atoms with E-state index in [0.29, 0.717) is 29.0 Å². The van der Waals surface area contributed by atoms with Crippen molar-refractivity contribution in [1.82, 2.24) is 14.7 Å². The zero-order chi connectivity index (χ0) is 19.2. The number of hydrogen-bond acceptors (Lipinski definition) is 3. The fraction of sp³-hybridized carbons (Fsp3) is 0.200. The van der Waals surface area contributed by atoms with Crippen molar-refractivity contribution in [2.45, 2.75) is 13.1 Å². The Balaban J connectivity index is 1.58. The van der Waals surface area contributed by atoms with E-state index in [1.165, 1.54) is 0 Å². The summed E-state index contributed by atoms with van der Waals surface area (Å²) in [5, 5.41) is 8.56. The Morgan fingerprint density at radius 2 is 1.96 bits per heavy atom. The molecule has 0 saturated heterocycles. The van der Waals surface area contributed by atoms with Crippen LogP contribution in [0.15, 0.2) is 60.8 Å². The van der Waals surface area contributed by atoms with Gasteiger partial charge in [-0.05, 0) is 36.4 Å². The van der Waals surface area contributed by atoms with Crippen LogP contribution in [0.5, 0.6) is 0 Å². The summed E-state index contributed by atoms with van der Waals surface area (Å²) in [6.45, 7) is 1.36. The molecule has 0 aliphatic carbocycles. The van der Waals surface area contributed by atoms with E-state index in [2.05, 4.69) is 10.4 Å². The molecule has 0 atom stereocenters. The molecule has 5 nitrogen and oxygen atoms in total. The number of benzene rings is 2. The molecule has 1 N–H and O–H groups in total. The fourth-order valence-electron chi connectivity index (χ4n) is 2.77. The molecule has 3 aromatic rings. The lowest BCUT2D eigenvalue weighted by molar-refractivity contribution is -0.117. The first kappa shape index (κ1) is 19.4. The predicted octanol–water partition coefficient (Wildman–Crippen LogP) is 4.31. The number of rotatable bonds is 7. The van der Waals surface area contributed by atoms with Crippen LogP contribution in [0.2, 0.25) is 10.0 Å². The minimum Gasteiger partial charge on any atom is -0.310 e. The zero-order valence-corrected chi connectivity index (χ0v) is 16.4. The molecule has 140 valence electrons. The van der Waals surface area contributed by atoms with Gasteiger partial charge in [0, 0.05) is 22.7 Å². The Bertz CT molecular complexity index is 926. The maximum absolute atomic E-state index is 12.4. The van der Waals surface area contributed by atoms with Crippen molar-refractivity contribution in [3.63, 3.8) is 0 Å². The summed E-state index contributed by atoms with van der Waals surface area (Å²) in [6, 6.07) is 17.0. The molecule has 0 bridgehead atoms. The van der Waals surface area contributed by atoms with Crippen molar-refractivity contribution in [3.8, 4) is 0 Å². The van der Waals surface area contributed by atoms with Gasteiger partial charge in [0.05, 0.1) is 19.3 Å². The molecule has 27 heavy (non-hydrogen) atoms. The van der Waals surface area contributed by atoms with Crippen LogP contribution >= 0.6 is 23.2 Å². The number of hydrogen-bond donors (Lipinski definition) is 1. The van der Waals surface area contributed by atoms with Gasteiger partial charge < -0.3 is 5.32 Å². The molecule has 0 aliphatic rings. The number of likely N-dealkylation sites (N-methyl/N-ethyl adjacent to an activating group) is 1. The van der Waals surface area contributed by atoms with E-state index in [0.717, 1.165) is 11.1 Å². The van der Waals surface area contributed by atoms with Gasteiger partial charge >= 0.3 is 0 Å². The summed E-state index contributed by atoms with van der Waals surface area (Å²) < 4.78 is 1.73. The minimum absolute atomic E-state index is 0.114. The topological polar surface area (TPSA) is 50.2 Å². The second kappa shape index (κ2) is 9.04. The monoisotopic (exact) mass is 402 g/mol. The molecule has 2 aromatic carbocycles. The molecule has 0 fully saturated rings. The van der Waals surface area contributed by atoms with Gasteiger partial charge in [-0.25, -0.2) is 4.68 Å². The Hall–Kier alpha value is -2.34. The van der Waals surface area contributed by atoms with Crippen LogP contribution in [0.3, 0.4) is 0 Å². The van der Waals surface area contributed by atoms with Crippen molar-refractivity contribution < 1.29 is 4.79 Å². The first-order chi connectivity index (χ1) is 13.0. The number of amides is 1. The first-order valence-corrected chi connectivity index (χ1v) is 9.25. The van der Waals surface area contributed by atoms with Gasteiger partial charge in [0.25, 0.3) is 0 Å². The van der Waals surface area contributed by atoms with Gasteiger partial charge in [0.15, 0.2) is 0 Å². The van der Waals surface area contributed by atoms with Crippen molar-refractivity contribution >= 4 is 34.9 Å². The highest BCUT2D eigenvalue weighted by Crippen LogP contribution is 2.17. The van der Waals surface area contributed by atoms with Crippen LogP contribution in [0, 0.1) is 0 Å². The average Bonchev–Trinajstić information content (AvgIpc) is 3.03. The molecular weight excluding hydrogens is 383 g/mol. The number of anilines is 1. The smallest absolute Gasteiger partial charge is 0.239 e. The maximum Gasteiger partial charge on any atom is 0.239 e. The molecule has 1 amide bonds. The molecule has 7 heteroatoms. The number of aromatic nitrogens is 2. The Morgan fingerprint density at radius 3 is 2.74 bits per heavy atom. The lowest BCUT2D eigenvalue weighted by atomic mass is 10.2. The average molecular weight is 403 g/mol. The highest BCUT2D eigenvalue weighted by Gasteiger charge is 2.12. The van der Waals surface area contributed by atoms with Crippen molar-refractivity contribution in [2.24, 2.45) is 0 Å². The molecule has 0 saturated carbocycles. The molecular formula is C20H20Cl2N4O. The lowest BCUT2D eigenvalue weighted by Crippen LogP contribution is -2.30. The van der Waals surface area contributed by atoms with Crippen LogP contribution in [-0.2, 0) is 17.9 Å². The Kier molecular flexibility index (Phi) is 6.50. The largest absolute Gasteiger partial charge is 0.310 e. The lowest BCUT2D eigenvalue weighted by Gasteiger charge is -2.17. The number of nitrogens with one attached hydrogen (secondary N) is 1. The van der Waals surface area contributed by atoms with Crippen LogP contribution < -0.4 is 5.32 Å². The zero-order valence-electron chi connectivity index (χ0n) is 14.9. The molecule has 1 aromatic heterocycles. The predicted molar refractivity (Wildman–Crippen MR) is 109 cm³/mol. The van der Waals surface area contributed by atoms with Crippen LogP contribution in [-0.4, -0.2) is 34.2 Å². The Labute approximate surface area is 168 Å². The van der Waals surface area contributed by atoms with E-state index in [1.807, 2.05) is 60.5 Å². The third-order valence-corrected chi connectivity index (χ3v) is 4.62. The highest BCUT2D eigenvalue weighted by atomic mass is 35.5. The van der Waals surface area contributed by atoms with E-state index in [-0.39, 0.29) is 12.5 Å². The summed E-state index contributed by atoms with van der Waals surface area (Å²) in [4.78, 5) is 14.3. The number of nitrogens with zero attached hydrogens (tertiary/aromatic N) is 3. The number of carbonyl (C=O) groups is 1. The number of carbonyl (C=O) groups excluding carboxylic acids is 1. The van der Waals surface area contributed by atoms with Gasteiger partial charge in [0.2, 0.25) is 5.91 Å². The third kappa shape index (κ3) is 5.57. The van der Waals surface area contributed by atoms with E-state index in [4.69, 9.17) is 23.2 Å². The van der Waals surface area contributed by atoms with Crippen molar-refractivity contribution in [3.05, 3.63) is 82.0 Å². The molecule has 3 rings (SSSR count). The first-order valence-electron chi connectivity index (χ1n) is 8.49. The van der Waals surface area contributed by atoms with Crippen LogP contribution in [0.1, 0.15) is 11.1 Å². The van der Waals surface area contributed by atoms with Gasteiger partial charge in [-0.2, -0.15) is 5.10 Å². The second-order valence-electron chi connectivity index (χ2n) is 6.32. The molecule has 0 aliphatic heterocycles. The van der Waals surface area contributed by atoms with Crippen LogP contribution in [0.25, 0.3) is 0 Å². The molecule has 0 unspecified atom stereocenters. The van der Waals surface area contributed by atoms with Gasteiger partial charge in [0.1, 0.15) is 5.82 Å². The van der Waals surface area contributed by atoms with E-state index < -0.39 is 0 Å². The minimum atomic E-state index is -0.114. The second-order valence-corrected chi connectivity index (χ2v) is 7.16. The van der Waals surface area contributed by atoms with E-state index in [9.17, 15) is 4.79 Å². The summed E-state index contributed by atoms with van der Waals surface area (Å²) >= 11 is 12.2. The maximum atomic E-state index is 12.4. The standard InChI is InChI=1S/C20H20Cl2N4O/c1-25(13-16-6-2-3-8-18(16)22)14-20(27)24-19-9-10-23-26(19)12-15-5-4-7-17(21)11-15/h2-11H,12-14H2,1H3,(H,24,27). The molecule has 1 heterocycles. The summed E-state index contributed by atoms with van der Waals surface area (Å²) in [5.41, 5.74) is 2.00.